The lowest BCUT2D eigenvalue weighted by Gasteiger charge is -2.26. The average molecular weight is 336 g/mol. The van der Waals surface area contributed by atoms with Crippen LogP contribution >= 0.6 is 11.3 Å². The molecule has 0 aliphatic carbocycles. The molecule has 23 heavy (non-hydrogen) atoms. The lowest BCUT2D eigenvalue weighted by molar-refractivity contribution is 0.318. The average Bonchev–Trinajstić information content (AvgIpc) is 3.08. The highest BCUT2D eigenvalue weighted by Gasteiger charge is 2.17. The maximum absolute atomic E-state index is 4.57. The van der Waals surface area contributed by atoms with Crippen molar-refractivity contribution in [1.29, 1.82) is 0 Å². The van der Waals surface area contributed by atoms with Gasteiger partial charge in [0.1, 0.15) is 0 Å². The summed E-state index contributed by atoms with van der Waals surface area (Å²) in [6, 6.07) is 0. The molecular weight excluding hydrogens is 306 g/mol. The molecule has 2 aromatic rings. The van der Waals surface area contributed by atoms with Gasteiger partial charge in [-0.1, -0.05) is 40.0 Å². The van der Waals surface area contributed by atoms with Gasteiger partial charge in [0.25, 0.3) is 0 Å². The Hall–Kier alpha value is -1.56. The summed E-state index contributed by atoms with van der Waals surface area (Å²) in [7, 11) is 1.81. The first-order chi connectivity index (χ1) is 11.0. The summed E-state index contributed by atoms with van der Waals surface area (Å²) >= 11 is 1.65. The largest absolute Gasteiger partial charge is 0.356 e. The Kier molecular flexibility index (Phi) is 6.45. The molecule has 128 valence electrons. The molecular formula is C17H29N5S. The molecule has 2 N–H and O–H groups in total. The van der Waals surface area contributed by atoms with E-state index in [1.54, 1.807) is 11.3 Å². The SMILES string of the molecule is CCCCCC(C)(C)CNC(=NC)NCc1cn2ccsc2n1. The summed E-state index contributed by atoms with van der Waals surface area (Å²) in [4.78, 5) is 9.91. The van der Waals surface area contributed by atoms with Gasteiger partial charge >= 0.3 is 0 Å². The molecule has 0 aliphatic heterocycles. The number of nitrogens with zero attached hydrogens (tertiary/aromatic N) is 3. The minimum Gasteiger partial charge on any atom is -0.356 e. The van der Waals surface area contributed by atoms with Gasteiger partial charge in [-0.2, -0.15) is 0 Å². The number of hydrogen-bond acceptors (Lipinski definition) is 3. The Bertz CT molecular complexity index is 597. The third-order valence-electron chi connectivity index (χ3n) is 4.00. The molecule has 0 unspecified atom stereocenters. The van der Waals surface area contributed by atoms with Gasteiger partial charge in [-0.3, -0.25) is 9.39 Å². The number of unbranched alkanes of at least 4 members (excludes halogenated alkanes) is 2. The summed E-state index contributed by atoms with van der Waals surface area (Å²) in [5, 5.41) is 8.83. The number of thiazole rings is 1. The van der Waals surface area contributed by atoms with E-state index < -0.39 is 0 Å². The Morgan fingerprint density at radius 1 is 1.35 bits per heavy atom. The molecule has 2 heterocycles. The highest BCUT2D eigenvalue weighted by Crippen LogP contribution is 2.22. The van der Waals surface area contributed by atoms with Crippen molar-refractivity contribution < 1.29 is 0 Å². The number of imidazole rings is 1. The molecule has 6 heteroatoms. The van der Waals surface area contributed by atoms with Gasteiger partial charge in [0.05, 0.1) is 12.2 Å². The number of hydrogen-bond donors (Lipinski definition) is 2. The fraction of sp³-hybridized carbons (Fsp3) is 0.647. The summed E-state index contributed by atoms with van der Waals surface area (Å²) in [5.74, 6) is 0.838. The van der Waals surface area contributed by atoms with Gasteiger partial charge in [-0.05, 0) is 11.8 Å². The van der Waals surface area contributed by atoms with E-state index in [0.29, 0.717) is 6.54 Å². The van der Waals surface area contributed by atoms with E-state index in [9.17, 15) is 0 Å². The van der Waals surface area contributed by atoms with Crippen LogP contribution in [0.15, 0.2) is 22.8 Å². The van der Waals surface area contributed by atoms with Gasteiger partial charge in [0, 0.05) is 31.4 Å². The minimum atomic E-state index is 0.282. The molecule has 0 saturated carbocycles. The Morgan fingerprint density at radius 2 is 2.17 bits per heavy atom. The second kappa shape index (κ2) is 8.34. The van der Waals surface area contributed by atoms with E-state index in [1.807, 2.05) is 18.6 Å². The van der Waals surface area contributed by atoms with E-state index in [2.05, 4.69) is 52.0 Å². The predicted molar refractivity (Wildman–Crippen MR) is 99.2 cm³/mol. The van der Waals surface area contributed by atoms with Crippen LogP contribution in [-0.2, 0) is 6.54 Å². The zero-order valence-electron chi connectivity index (χ0n) is 14.7. The Morgan fingerprint density at radius 3 is 2.87 bits per heavy atom. The third kappa shape index (κ3) is 5.53. The summed E-state index contributed by atoms with van der Waals surface area (Å²) < 4.78 is 2.05. The molecule has 0 saturated heterocycles. The smallest absolute Gasteiger partial charge is 0.193 e. The highest BCUT2D eigenvalue weighted by atomic mass is 32.1. The monoisotopic (exact) mass is 335 g/mol. The van der Waals surface area contributed by atoms with Crippen LogP contribution < -0.4 is 10.6 Å². The number of aromatic nitrogens is 2. The fourth-order valence-corrected chi connectivity index (χ4v) is 3.24. The van der Waals surface area contributed by atoms with Crippen molar-refractivity contribution in [3.05, 3.63) is 23.5 Å². The molecule has 0 aromatic carbocycles. The highest BCUT2D eigenvalue weighted by molar-refractivity contribution is 7.15. The van der Waals surface area contributed by atoms with E-state index >= 15 is 0 Å². The van der Waals surface area contributed by atoms with E-state index in [4.69, 9.17) is 0 Å². The van der Waals surface area contributed by atoms with Gasteiger partial charge in [0.2, 0.25) is 0 Å². The van der Waals surface area contributed by atoms with Crippen LogP contribution in [-0.4, -0.2) is 28.9 Å². The second-order valence-electron chi connectivity index (χ2n) is 6.73. The minimum absolute atomic E-state index is 0.282. The standard InChI is InChI=1S/C17H29N5S/c1-5-6-7-8-17(2,3)13-20-15(18-4)19-11-14-12-22-9-10-23-16(22)21-14/h9-10,12H,5-8,11,13H2,1-4H3,(H2,18,19,20). The van der Waals surface area contributed by atoms with Crippen molar-refractivity contribution in [2.45, 2.75) is 53.0 Å². The first-order valence-corrected chi connectivity index (χ1v) is 9.27. The Labute approximate surface area is 143 Å². The molecule has 0 fully saturated rings. The molecule has 0 radical (unpaired) electrons. The van der Waals surface area contributed by atoms with Crippen LogP contribution in [0.5, 0.6) is 0 Å². The molecule has 2 rings (SSSR count). The number of guanidine groups is 1. The first-order valence-electron chi connectivity index (χ1n) is 8.39. The van der Waals surface area contributed by atoms with Crippen LogP contribution in [0.1, 0.15) is 52.1 Å². The van der Waals surface area contributed by atoms with Gasteiger partial charge in [-0.15, -0.1) is 11.3 Å². The maximum Gasteiger partial charge on any atom is 0.193 e. The van der Waals surface area contributed by atoms with E-state index in [-0.39, 0.29) is 5.41 Å². The van der Waals surface area contributed by atoms with Crippen LogP contribution in [0, 0.1) is 5.41 Å². The van der Waals surface area contributed by atoms with E-state index in [0.717, 1.165) is 23.2 Å². The van der Waals surface area contributed by atoms with Crippen molar-refractivity contribution in [1.82, 2.24) is 20.0 Å². The number of nitrogens with one attached hydrogen (secondary N) is 2. The summed E-state index contributed by atoms with van der Waals surface area (Å²) in [5.41, 5.74) is 1.31. The van der Waals surface area contributed by atoms with Crippen LogP contribution in [0.25, 0.3) is 4.96 Å². The summed E-state index contributed by atoms with van der Waals surface area (Å²) in [6.45, 7) is 8.48. The normalized spacial score (nSPS) is 12.8. The lowest BCUT2D eigenvalue weighted by atomic mass is 9.87. The molecule has 5 nitrogen and oxygen atoms in total. The van der Waals surface area contributed by atoms with Gasteiger partial charge < -0.3 is 10.6 Å². The van der Waals surface area contributed by atoms with Gasteiger partial charge in [0.15, 0.2) is 10.9 Å². The Balaban J connectivity index is 1.77. The topological polar surface area (TPSA) is 53.7 Å². The number of aliphatic imine (C=N–C) groups is 1. The zero-order valence-corrected chi connectivity index (χ0v) is 15.5. The quantitative estimate of drug-likeness (QED) is 0.440. The van der Waals surface area contributed by atoms with Crippen molar-refractivity contribution in [2.24, 2.45) is 10.4 Å². The predicted octanol–water partition coefficient (Wildman–Crippen LogP) is 3.67. The molecule has 2 aromatic heterocycles. The van der Waals surface area contributed by atoms with Crippen molar-refractivity contribution >= 4 is 22.3 Å². The number of fused-ring (bicyclic) bond motifs is 1. The fourth-order valence-electron chi connectivity index (χ4n) is 2.52. The zero-order chi connectivity index (χ0) is 16.7. The van der Waals surface area contributed by atoms with Crippen molar-refractivity contribution in [3.63, 3.8) is 0 Å². The summed E-state index contributed by atoms with van der Waals surface area (Å²) in [6.07, 6.45) is 9.21. The molecule has 0 bridgehead atoms. The van der Waals surface area contributed by atoms with Crippen LogP contribution in [0.4, 0.5) is 0 Å². The lowest BCUT2D eigenvalue weighted by Crippen LogP contribution is -2.41. The van der Waals surface area contributed by atoms with Crippen LogP contribution in [0.3, 0.4) is 0 Å². The first kappa shape index (κ1) is 17.8. The van der Waals surface area contributed by atoms with Crippen molar-refractivity contribution in [2.75, 3.05) is 13.6 Å². The van der Waals surface area contributed by atoms with Gasteiger partial charge in [-0.25, -0.2) is 4.98 Å². The molecule has 0 aliphatic rings. The third-order valence-corrected chi connectivity index (χ3v) is 4.77. The van der Waals surface area contributed by atoms with Crippen molar-refractivity contribution in [3.8, 4) is 0 Å². The molecule has 0 spiro atoms. The maximum atomic E-state index is 4.57. The van der Waals surface area contributed by atoms with Crippen LogP contribution in [0.2, 0.25) is 0 Å². The molecule has 0 atom stereocenters. The van der Waals surface area contributed by atoms with E-state index in [1.165, 1.54) is 25.7 Å². The number of rotatable bonds is 8. The molecule has 0 amide bonds. The second-order valence-corrected chi connectivity index (χ2v) is 7.60.